The van der Waals surface area contributed by atoms with Crippen LogP contribution in [0.3, 0.4) is 0 Å². The lowest BCUT2D eigenvalue weighted by Crippen LogP contribution is -2.42. The topological polar surface area (TPSA) is 58.6 Å². The number of hydrogen-bond donors (Lipinski definition) is 2. The molecule has 0 amide bonds. The average Bonchev–Trinajstić information content (AvgIpc) is 2.52. The van der Waals surface area contributed by atoms with Gasteiger partial charge >= 0.3 is 0 Å². The Bertz CT molecular complexity index is 472. The van der Waals surface area contributed by atoms with Crippen LogP contribution < -0.4 is 10.1 Å². The number of rotatable bonds is 7. The molecular weight excluding hydrogens is 278 g/mol. The van der Waals surface area contributed by atoms with E-state index in [1.807, 2.05) is 0 Å². The number of carbonyl (C=O) groups is 1. The van der Waals surface area contributed by atoms with Crippen molar-refractivity contribution in [3.05, 3.63) is 29.8 Å². The Kier molecular flexibility index (Phi) is 6.40. The van der Waals surface area contributed by atoms with Gasteiger partial charge in [-0.1, -0.05) is 19.8 Å². The normalized spacial score (nSPS) is 23.0. The van der Waals surface area contributed by atoms with Crippen LogP contribution in [0.4, 0.5) is 0 Å². The molecule has 0 heterocycles. The third-order valence-electron chi connectivity index (χ3n) is 4.43. The molecule has 1 aliphatic carbocycles. The predicted octanol–water partition coefficient (Wildman–Crippen LogP) is 2.80. The van der Waals surface area contributed by atoms with E-state index in [2.05, 4.69) is 12.2 Å². The molecule has 1 aromatic rings. The number of aliphatic hydroxyl groups excluding tert-OH is 1. The highest BCUT2D eigenvalue weighted by molar-refractivity contribution is 5.94. The van der Waals surface area contributed by atoms with Gasteiger partial charge in [0, 0.05) is 18.2 Å². The summed E-state index contributed by atoms with van der Waals surface area (Å²) in [4.78, 5) is 11.2. The smallest absolute Gasteiger partial charge is 0.159 e. The van der Waals surface area contributed by atoms with Crippen LogP contribution >= 0.6 is 0 Å². The lowest BCUT2D eigenvalue weighted by Gasteiger charge is -2.30. The molecule has 0 unspecified atom stereocenters. The lowest BCUT2D eigenvalue weighted by molar-refractivity contribution is 0.0982. The minimum Gasteiger partial charge on any atom is -0.491 e. The first-order chi connectivity index (χ1) is 10.6. The van der Waals surface area contributed by atoms with E-state index < -0.39 is 6.10 Å². The Hall–Kier alpha value is -1.39. The van der Waals surface area contributed by atoms with Crippen molar-refractivity contribution < 1.29 is 14.6 Å². The molecule has 1 saturated carbocycles. The van der Waals surface area contributed by atoms with E-state index in [0.29, 0.717) is 29.8 Å². The summed E-state index contributed by atoms with van der Waals surface area (Å²) in [5.74, 6) is 1.40. The molecule has 0 spiro atoms. The van der Waals surface area contributed by atoms with Gasteiger partial charge in [0.25, 0.3) is 0 Å². The first-order valence-electron chi connectivity index (χ1n) is 8.21. The molecule has 0 saturated heterocycles. The number of aliphatic hydroxyl groups is 1. The van der Waals surface area contributed by atoms with Crippen molar-refractivity contribution in [3.8, 4) is 5.75 Å². The molecule has 122 valence electrons. The molecule has 0 aliphatic heterocycles. The summed E-state index contributed by atoms with van der Waals surface area (Å²) < 4.78 is 5.57. The molecule has 0 aromatic heterocycles. The maximum absolute atomic E-state index is 11.2. The summed E-state index contributed by atoms with van der Waals surface area (Å²) in [5.41, 5.74) is 0.667. The van der Waals surface area contributed by atoms with Gasteiger partial charge in [-0.05, 0) is 49.9 Å². The predicted molar refractivity (Wildman–Crippen MR) is 87.4 cm³/mol. The molecule has 3 atom stereocenters. The Labute approximate surface area is 132 Å². The van der Waals surface area contributed by atoms with Crippen molar-refractivity contribution in [1.82, 2.24) is 5.32 Å². The van der Waals surface area contributed by atoms with E-state index in [1.54, 1.807) is 24.3 Å². The second kappa shape index (κ2) is 8.30. The van der Waals surface area contributed by atoms with Crippen LogP contribution in [-0.4, -0.2) is 36.2 Å². The van der Waals surface area contributed by atoms with Gasteiger partial charge in [-0.3, -0.25) is 4.79 Å². The number of carbonyl (C=O) groups excluding carboxylic acids is 1. The number of ether oxygens (including phenoxy) is 1. The van der Waals surface area contributed by atoms with Gasteiger partial charge < -0.3 is 15.2 Å². The van der Waals surface area contributed by atoms with Crippen molar-refractivity contribution in [2.24, 2.45) is 5.92 Å². The third kappa shape index (κ3) is 5.11. The van der Waals surface area contributed by atoms with E-state index in [1.165, 1.54) is 32.6 Å². The number of hydrogen-bond acceptors (Lipinski definition) is 4. The van der Waals surface area contributed by atoms with Crippen LogP contribution in [-0.2, 0) is 0 Å². The first kappa shape index (κ1) is 17.0. The minimum absolute atomic E-state index is 0.0392. The van der Waals surface area contributed by atoms with Crippen molar-refractivity contribution in [3.63, 3.8) is 0 Å². The number of ketones is 1. The Morgan fingerprint density at radius 3 is 2.64 bits per heavy atom. The fourth-order valence-electron chi connectivity index (χ4n) is 2.94. The van der Waals surface area contributed by atoms with Gasteiger partial charge in [-0.15, -0.1) is 0 Å². The van der Waals surface area contributed by atoms with Crippen LogP contribution in [0, 0.1) is 5.92 Å². The maximum Gasteiger partial charge on any atom is 0.159 e. The van der Waals surface area contributed by atoms with Gasteiger partial charge in [0.15, 0.2) is 5.78 Å². The SMILES string of the molecule is CC(=O)c1ccc(OC[C@@H](O)CN[C@H]2CCCC[C@@H]2C)cc1. The molecule has 0 radical (unpaired) electrons. The van der Waals surface area contributed by atoms with Gasteiger partial charge in [-0.2, -0.15) is 0 Å². The van der Waals surface area contributed by atoms with E-state index in [9.17, 15) is 9.90 Å². The second-order valence-electron chi connectivity index (χ2n) is 6.32. The Morgan fingerprint density at radius 1 is 1.32 bits per heavy atom. The minimum atomic E-state index is -0.526. The zero-order chi connectivity index (χ0) is 15.9. The van der Waals surface area contributed by atoms with Crippen molar-refractivity contribution in [2.75, 3.05) is 13.2 Å². The summed E-state index contributed by atoms with van der Waals surface area (Å²) in [6.45, 7) is 4.63. The molecule has 4 nitrogen and oxygen atoms in total. The van der Waals surface area contributed by atoms with Crippen LogP contribution in [0.1, 0.15) is 49.9 Å². The van der Waals surface area contributed by atoms with Gasteiger partial charge in [0.2, 0.25) is 0 Å². The third-order valence-corrected chi connectivity index (χ3v) is 4.43. The van der Waals surface area contributed by atoms with Crippen LogP contribution in [0.5, 0.6) is 5.75 Å². The molecule has 2 N–H and O–H groups in total. The molecule has 1 aromatic carbocycles. The summed E-state index contributed by atoms with van der Waals surface area (Å²) in [7, 11) is 0. The maximum atomic E-state index is 11.2. The summed E-state index contributed by atoms with van der Waals surface area (Å²) in [5, 5.41) is 13.5. The van der Waals surface area contributed by atoms with Crippen LogP contribution in [0.25, 0.3) is 0 Å². The Balaban J connectivity index is 1.70. The molecule has 4 heteroatoms. The van der Waals surface area contributed by atoms with Crippen LogP contribution in [0.2, 0.25) is 0 Å². The molecule has 0 bridgehead atoms. The highest BCUT2D eigenvalue weighted by atomic mass is 16.5. The molecule has 1 aliphatic rings. The van der Waals surface area contributed by atoms with Crippen molar-refractivity contribution in [1.29, 1.82) is 0 Å². The summed E-state index contributed by atoms with van der Waals surface area (Å²) in [6.07, 6.45) is 4.54. The fourth-order valence-corrected chi connectivity index (χ4v) is 2.94. The zero-order valence-electron chi connectivity index (χ0n) is 13.5. The quantitative estimate of drug-likeness (QED) is 0.761. The zero-order valence-corrected chi connectivity index (χ0v) is 13.5. The Morgan fingerprint density at radius 2 is 2.00 bits per heavy atom. The number of Topliss-reactive ketones (excluding diaryl/α,β-unsaturated/α-hetero) is 1. The summed E-state index contributed by atoms with van der Waals surface area (Å²) in [6, 6.07) is 7.52. The number of nitrogens with one attached hydrogen (secondary N) is 1. The molecule has 22 heavy (non-hydrogen) atoms. The van der Waals surface area contributed by atoms with Gasteiger partial charge in [0.05, 0.1) is 0 Å². The second-order valence-corrected chi connectivity index (χ2v) is 6.32. The largest absolute Gasteiger partial charge is 0.491 e. The summed E-state index contributed by atoms with van der Waals surface area (Å²) >= 11 is 0. The van der Waals surface area contributed by atoms with Crippen molar-refractivity contribution >= 4 is 5.78 Å². The molecule has 2 rings (SSSR count). The first-order valence-corrected chi connectivity index (χ1v) is 8.21. The highest BCUT2D eigenvalue weighted by Crippen LogP contribution is 2.23. The standard InChI is InChI=1S/C18H27NO3/c1-13-5-3-4-6-18(13)19-11-16(21)12-22-17-9-7-15(8-10-17)14(2)20/h7-10,13,16,18-19,21H,3-6,11-12H2,1-2H3/t13-,16-,18-/m0/s1. The van der Waals surface area contributed by atoms with E-state index in [4.69, 9.17) is 4.74 Å². The highest BCUT2D eigenvalue weighted by Gasteiger charge is 2.21. The van der Waals surface area contributed by atoms with Crippen LogP contribution in [0.15, 0.2) is 24.3 Å². The molecular formula is C18H27NO3. The lowest BCUT2D eigenvalue weighted by atomic mass is 9.86. The van der Waals surface area contributed by atoms with E-state index >= 15 is 0 Å². The van der Waals surface area contributed by atoms with Gasteiger partial charge in [-0.25, -0.2) is 0 Å². The molecule has 1 fully saturated rings. The monoisotopic (exact) mass is 305 g/mol. The fraction of sp³-hybridized carbons (Fsp3) is 0.611. The van der Waals surface area contributed by atoms with E-state index in [0.717, 1.165) is 0 Å². The van der Waals surface area contributed by atoms with Crippen molar-refractivity contribution in [2.45, 2.75) is 51.7 Å². The van der Waals surface area contributed by atoms with Gasteiger partial charge in [0.1, 0.15) is 18.5 Å². The van der Waals surface area contributed by atoms with E-state index in [-0.39, 0.29) is 12.4 Å². The number of benzene rings is 1. The average molecular weight is 305 g/mol.